The van der Waals surface area contributed by atoms with Crippen LogP contribution in [-0.4, -0.2) is 22.9 Å². The normalized spacial score (nSPS) is 12.1. The Balaban J connectivity index is 2.61. The largest absolute Gasteiger partial charge is 0.316 e. The van der Waals surface area contributed by atoms with E-state index in [-0.39, 0.29) is 0 Å². The Bertz CT molecular complexity index is 385. The lowest BCUT2D eigenvalue weighted by Crippen LogP contribution is -2.18. The Kier molecular flexibility index (Phi) is 6.05. The second-order valence-corrected chi connectivity index (χ2v) is 6.68. The fourth-order valence-corrected chi connectivity index (χ4v) is 2.27. The van der Waals surface area contributed by atoms with Gasteiger partial charge in [-0.05, 0) is 57.2 Å². The molecular formula is C16H31N3. The summed E-state index contributed by atoms with van der Waals surface area (Å²) in [5, 5.41) is 8.17. The van der Waals surface area contributed by atoms with Gasteiger partial charge in [-0.2, -0.15) is 5.10 Å². The van der Waals surface area contributed by atoms with Gasteiger partial charge in [0.05, 0.1) is 5.69 Å². The van der Waals surface area contributed by atoms with Gasteiger partial charge in [-0.15, -0.1) is 0 Å². The van der Waals surface area contributed by atoms with Gasteiger partial charge in [-0.25, -0.2) is 0 Å². The second kappa shape index (κ2) is 7.09. The Hall–Kier alpha value is -0.830. The molecule has 0 unspecified atom stereocenters. The molecule has 110 valence electrons. The van der Waals surface area contributed by atoms with E-state index >= 15 is 0 Å². The second-order valence-electron chi connectivity index (χ2n) is 6.68. The molecule has 1 aromatic rings. The van der Waals surface area contributed by atoms with Crippen LogP contribution in [0.4, 0.5) is 0 Å². The van der Waals surface area contributed by atoms with Crippen molar-refractivity contribution in [3.8, 4) is 0 Å². The molecule has 0 aliphatic rings. The van der Waals surface area contributed by atoms with E-state index in [9.17, 15) is 0 Å². The maximum absolute atomic E-state index is 4.70. The van der Waals surface area contributed by atoms with Crippen molar-refractivity contribution in [2.75, 3.05) is 13.1 Å². The molecule has 0 aliphatic heterocycles. The third-order valence-corrected chi connectivity index (χ3v) is 3.58. The number of aromatic nitrogens is 2. The van der Waals surface area contributed by atoms with Gasteiger partial charge < -0.3 is 5.32 Å². The zero-order valence-electron chi connectivity index (χ0n) is 13.6. The van der Waals surface area contributed by atoms with Gasteiger partial charge in [0.25, 0.3) is 0 Å². The van der Waals surface area contributed by atoms with Gasteiger partial charge in [-0.1, -0.05) is 27.7 Å². The highest BCUT2D eigenvalue weighted by Crippen LogP contribution is 2.21. The van der Waals surface area contributed by atoms with E-state index in [1.54, 1.807) is 0 Å². The number of aryl methyl sites for hydroxylation is 2. The standard InChI is InChI=1S/C16H31N3/c1-7-10-17-11-8-15-13(2)18-19(14(15)3)12-9-16(4,5)6/h17H,7-12H2,1-6H3. The summed E-state index contributed by atoms with van der Waals surface area (Å²) in [4.78, 5) is 0. The molecule has 19 heavy (non-hydrogen) atoms. The minimum Gasteiger partial charge on any atom is -0.316 e. The summed E-state index contributed by atoms with van der Waals surface area (Å²) in [6.45, 7) is 16.6. The molecule has 0 radical (unpaired) electrons. The first-order valence-corrected chi connectivity index (χ1v) is 7.58. The molecule has 0 fully saturated rings. The lowest BCUT2D eigenvalue weighted by molar-refractivity contribution is 0.338. The van der Waals surface area contributed by atoms with Crippen molar-refractivity contribution in [1.82, 2.24) is 15.1 Å². The average Bonchev–Trinajstić information content (AvgIpc) is 2.58. The van der Waals surface area contributed by atoms with E-state index in [1.165, 1.54) is 29.8 Å². The predicted octanol–water partition coefficient (Wildman–Crippen LogP) is 3.48. The fourth-order valence-electron chi connectivity index (χ4n) is 2.27. The molecule has 1 aromatic heterocycles. The molecule has 0 saturated carbocycles. The molecule has 1 N–H and O–H groups in total. The van der Waals surface area contributed by atoms with E-state index in [0.717, 1.165) is 26.1 Å². The van der Waals surface area contributed by atoms with Crippen molar-refractivity contribution in [3.05, 3.63) is 17.0 Å². The van der Waals surface area contributed by atoms with E-state index in [4.69, 9.17) is 5.10 Å². The van der Waals surface area contributed by atoms with E-state index in [1.807, 2.05) is 0 Å². The van der Waals surface area contributed by atoms with Crippen molar-refractivity contribution in [1.29, 1.82) is 0 Å². The molecule has 0 saturated heterocycles. The molecule has 0 spiro atoms. The maximum atomic E-state index is 4.70. The van der Waals surface area contributed by atoms with Gasteiger partial charge in [0.15, 0.2) is 0 Å². The smallest absolute Gasteiger partial charge is 0.0628 e. The minimum atomic E-state index is 0.370. The molecule has 3 heteroatoms. The zero-order chi connectivity index (χ0) is 14.5. The molecular weight excluding hydrogens is 234 g/mol. The van der Waals surface area contributed by atoms with Crippen LogP contribution in [0.3, 0.4) is 0 Å². The quantitative estimate of drug-likeness (QED) is 0.765. The van der Waals surface area contributed by atoms with E-state index in [0.29, 0.717) is 5.41 Å². The first-order valence-electron chi connectivity index (χ1n) is 7.58. The van der Waals surface area contributed by atoms with Crippen molar-refractivity contribution in [2.45, 2.75) is 67.3 Å². The van der Waals surface area contributed by atoms with Crippen LogP contribution in [0.25, 0.3) is 0 Å². The summed E-state index contributed by atoms with van der Waals surface area (Å²) in [7, 11) is 0. The van der Waals surface area contributed by atoms with Crippen LogP contribution in [-0.2, 0) is 13.0 Å². The van der Waals surface area contributed by atoms with Crippen LogP contribution in [0.1, 0.15) is 57.5 Å². The Morgan fingerprint density at radius 3 is 2.42 bits per heavy atom. The van der Waals surface area contributed by atoms with Crippen LogP contribution in [0.5, 0.6) is 0 Å². The predicted molar refractivity (Wildman–Crippen MR) is 82.6 cm³/mol. The van der Waals surface area contributed by atoms with Crippen molar-refractivity contribution in [2.24, 2.45) is 5.41 Å². The highest BCUT2D eigenvalue weighted by atomic mass is 15.3. The zero-order valence-corrected chi connectivity index (χ0v) is 13.6. The number of rotatable bonds is 7. The van der Waals surface area contributed by atoms with Gasteiger partial charge in [-0.3, -0.25) is 4.68 Å². The minimum absolute atomic E-state index is 0.370. The number of nitrogens with zero attached hydrogens (tertiary/aromatic N) is 2. The van der Waals surface area contributed by atoms with Crippen LogP contribution >= 0.6 is 0 Å². The molecule has 0 aromatic carbocycles. The fraction of sp³-hybridized carbons (Fsp3) is 0.812. The molecule has 0 amide bonds. The van der Waals surface area contributed by atoms with Gasteiger partial charge in [0.2, 0.25) is 0 Å². The average molecular weight is 265 g/mol. The van der Waals surface area contributed by atoms with Crippen molar-refractivity contribution >= 4 is 0 Å². The summed E-state index contributed by atoms with van der Waals surface area (Å²) in [5.41, 5.74) is 4.34. The Labute approximate surface area is 118 Å². The van der Waals surface area contributed by atoms with Crippen LogP contribution < -0.4 is 5.32 Å². The van der Waals surface area contributed by atoms with E-state index in [2.05, 4.69) is 51.5 Å². The molecule has 0 bridgehead atoms. The lowest BCUT2D eigenvalue weighted by atomic mass is 9.92. The SMILES string of the molecule is CCCNCCc1c(C)nn(CCC(C)(C)C)c1C. The molecule has 0 aliphatic carbocycles. The molecule has 3 nitrogen and oxygen atoms in total. The maximum Gasteiger partial charge on any atom is 0.0628 e. The third kappa shape index (κ3) is 5.35. The molecule has 1 rings (SSSR count). The Morgan fingerprint density at radius 2 is 1.84 bits per heavy atom. The van der Waals surface area contributed by atoms with Gasteiger partial charge in [0, 0.05) is 12.2 Å². The van der Waals surface area contributed by atoms with Gasteiger partial charge >= 0.3 is 0 Å². The number of hydrogen-bond acceptors (Lipinski definition) is 2. The Morgan fingerprint density at radius 1 is 1.16 bits per heavy atom. The summed E-state index contributed by atoms with van der Waals surface area (Å²) in [6.07, 6.45) is 3.46. The lowest BCUT2D eigenvalue weighted by Gasteiger charge is -2.18. The summed E-state index contributed by atoms with van der Waals surface area (Å²) in [6, 6.07) is 0. The van der Waals surface area contributed by atoms with Crippen LogP contribution in [0, 0.1) is 19.3 Å². The van der Waals surface area contributed by atoms with E-state index < -0.39 is 0 Å². The monoisotopic (exact) mass is 265 g/mol. The highest BCUT2D eigenvalue weighted by Gasteiger charge is 2.14. The van der Waals surface area contributed by atoms with Crippen LogP contribution in [0.15, 0.2) is 0 Å². The molecule has 1 heterocycles. The number of hydrogen-bond donors (Lipinski definition) is 1. The number of nitrogens with one attached hydrogen (secondary N) is 1. The first-order chi connectivity index (χ1) is 8.85. The third-order valence-electron chi connectivity index (χ3n) is 3.58. The summed E-state index contributed by atoms with van der Waals surface area (Å²) >= 11 is 0. The highest BCUT2D eigenvalue weighted by molar-refractivity contribution is 5.24. The molecule has 0 atom stereocenters. The topological polar surface area (TPSA) is 29.9 Å². The van der Waals surface area contributed by atoms with Gasteiger partial charge in [0.1, 0.15) is 0 Å². The van der Waals surface area contributed by atoms with Crippen molar-refractivity contribution in [3.63, 3.8) is 0 Å². The summed E-state index contributed by atoms with van der Waals surface area (Å²) in [5.74, 6) is 0. The first kappa shape index (κ1) is 16.2. The van der Waals surface area contributed by atoms with Crippen molar-refractivity contribution < 1.29 is 0 Å². The van der Waals surface area contributed by atoms with Crippen LogP contribution in [0.2, 0.25) is 0 Å². The summed E-state index contributed by atoms with van der Waals surface area (Å²) < 4.78 is 2.19.